The van der Waals surface area contributed by atoms with Crippen LogP contribution in [0.3, 0.4) is 0 Å². The molecule has 0 radical (unpaired) electrons. The Kier molecular flexibility index (Phi) is 3.29. The van der Waals surface area contributed by atoms with Gasteiger partial charge in [-0.2, -0.15) is 10.5 Å². The standard InChI is InChI=1S/C17H12N4/c18-10-13(11-19)17-20-15-9-5-4-8-14(15)16(21-17)12-6-2-1-3-7-12/h1-9,16,20-21H/t16-/m1/s1. The SMILES string of the molecule is N#CC(C#N)=C1Nc2ccccc2[C@@H](c2ccccc2)N1. The smallest absolute Gasteiger partial charge is 0.169 e. The Balaban J connectivity index is 2.14. The van der Waals surface area contributed by atoms with Crippen LogP contribution >= 0.6 is 0 Å². The van der Waals surface area contributed by atoms with Crippen LogP contribution in [0.15, 0.2) is 66.0 Å². The van der Waals surface area contributed by atoms with E-state index in [-0.39, 0.29) is 11.6 Å². The van der Waals surface area contributed by atoms with Crippen molar-refractivity contribution >= 4 is 5.69 Å². The third-order valence-electron chi connectivity index (χ3n) is 3.43. The van der Waals surface area contributed by atoms with Crippen molar-refractivity contribution in [3.8, 4) is 12.1 Å². The minimum atomic E-state index is -0.0876. The lowest BCUT2D eigenvalue weighted by Crippen LogP contribution is -2.32. The summed E-state index contributed by atoms with van der Waals surface area (Å²) in [5.41, 5.74) is 3.12. The van der Waals surface area contributed by atoms with E-state index in [1.165, 1.54) is 0 Å². The molecular weight excluding hydrogens is 260 g/mol. The molecule has 0 aromatic heterocycles. The highest BCUT2D eigenvalue weighted by Gasteiger charge is 2.25. The van der Waals surface area contributed by atoms with Gasteiger partial charge in [0, 0.05) is 11.3 Å². The summed E-state index contributed by atoms with van der Waals surface area (Å²) in [4.78, 5) is 0. The molecule has 2 aromatic carbocycles. The molecule has 0 fully saturated rings. The molecule has 2 aromatic rings. The summed E-state index contributed by atoms with van der Waals surface area (Å²) in [6.07, 6.45) is 0. The molecule has 1 atom stereocenters. The predicted octanol–water partition coefficient (Wildman–Crippen LogP) is 3.05. The van der Waals surface area contributed by atoms with Gasteiger partial charge in [0.15, 0.2) is 5.57 Å². The van der Waals surface area contributed by atoms with E-state index in [0.717, 1.165) is 16.8 Å². The Bertz CT molecular complexity index is 762. The van der Waals surface area contributed by atoms with Crippen LogP contribution in [0.4, 0.5) is 5.69 Å². The van der Waals surface area contributed by atoms with Gasteiger partial charge in [0.1, 0.15) is 18.0 Å². The van der Waals surface area contributed by atoms with Crippen LogP contribution in [0, 0.1) is 22.7 Å². The van der Waals surface area contributed by atoms with E-state index >= 15 is 0 Å². The Morgan fingerprint density at radius 2 is 1.57 bits per heavy atom. The second-order valence-corrected chi connectivity index (χ2v) is 4.67. The molecule has 1 aliphatic heterocycles. The van der Waals surface area contributed by atoms with E-state index in [1.54, 1.807) is 0 Å². The summed E-state index contributed by atoms with van der Waals surface area (Å²) in [7, 11) is 0. The summed E-state index contributed by atoms with van der Waals surface area (Å²) in [6, 6.07) is 21.6. The predicted molar refractivity (Wildman–Crippen MR) is 79.7 cm³/mol. The molecule has 1 aliphatic rings. The monoisotopic (exact) mass is 272 g/mol. The van der Waals surface area contributed by atoms with Gasteiger partial charge < -0.3 is 10.6 Å². The molecule has 0 amide bonds. The molecule has 0 saturated carbocycles. The van der Waals surface area contributed by atoms with Crippen molar-refractivity contribution in [1.82, 2.24) is 5.32 Å². The quantitative estimate of drug-likeness (QED) is 0.783. The number of nitrogens with zero attached hydrogens (tertiary/aromatic N) is 2. The van der Waals surface area contributed by atoms with Gasteiger partial charge in [-0.25, -0.2) is 0 Å². The number of nitrogens with one attached hydrogen (secondary N) is 2. The van der Waals surface area contributed by atoms with Crippen LogP contribution in [0.1, 0.15) is 17.2 Å². The highest BCUT2D eigenvalue weighted by atomic mass is 15.1. The highest BCUT2D eigenvalue weighted by molar-refractivity contribution is 5.63. The van der Waals surface area contributed by atoms with Crippen molar-refractivity contribution in [2.24, 2.45) is 0 Å². The molecule has 2 N–H and O–H groups in total. The average molecular weight is 272 g/mol. The van der Waals surface area contributed by atoms with Gasteiger partial charge >= 0.3 is 0 Å². The number of rotatable bonds is 1. The van der Waals surface area contributed by atoms with Gasteiger partial charge in [-0.15, -0.1) is 0 Å². The molecule has 100 valence electrons. The minimum absolute atomic E-state index is 0.0467. The number of anilines is 1. The fourth-order valence-electron chi connectivity index (χ4n) is 2.44. The van der Waals surface area contributed by atoms with E-state index in [1.807, 2.05) is 66.7 Å². The zero-order valence-corrected chi connectivity index (χ0v) is 11.2. The maximum absolute atomic E-state index is 9.07. The third-order valence-corrected chi connectivity index (χ3v) is 3.43. The van der Waals surface area contributed by atoms with Crippen molar-refractivity contribution < 1.29 is 0 Å². The van der Waals surface area contributed by atoms with Gasteiger partial charge in [0.25, 0.3) is 0 Å². The first-order valence-corrected chi connectivity index (χ1v) is 6.55. The van der Waals surface area contributed by atoms with Crippen LogP contribution in [0.5, 0.6) is 0 Å². The summed E-state index contributed by atoms with van der Waals surface area (Å²) >= 11 is 0. The minimum Gasteiger partial charge on any atom is -0.359 e. The van der Waals surface area contributed by atoms with E-state index in [2.05, 4.69) is 10.6 Å². The summed E-state index contributed by atoms with van der Waals surface area (Å²) < 4.78 is 0. The van der Waals surface area contributed by atoms with Crippen LogP contribution in [-0.2, 0) is 0 Å². The topological polar surface area (TPSA) is 71.6 Å². The fraction of sp³-hybridized carbons (Fsp3) is 0.0588. The molecule has 3 rings (SSSR count). The van der Waals surface area contributed by atoms with Crippen molar-refractivity contribution in [2.75, 3.05) is 5.32 Å². The maximum atomic E-state index is 9.07. The van der Waals surface area contributed by atoms with Gasteiger partial charge in [0.2, 0.25) is 0 Å². The van der Waals surface area contributed by atoms with Crippen molar-refractivity contribution in [2.45, 2.75) is 6.04 Å². The molecular formula is C17H12N4. The number of fused-ring (bicyclic) bond motifs is 1. The largest absolute Gasteiger partial charge is 0.359 e. The molecule has 4 nitrogen and oxygen atoms in total. The lowest BCUT2D eigenvalue weighted by Gasteiger charge is -2.31. The molecule has 0 saturated heterocycles. The molecule has 0 unspecified atom stereocenters. The normalized spacial score (nSPS) is 15.7. The molecule has 1 heterocycles. The van der Waals surface area contributed by atoms with Gasteiger partial charge in [-0.1, -0.05) is 48.5 Å². The van der Waals surface area contributed by atoms with E-state index in [9.17, 15) is 0 Å². The molecule has 21 heavy (non-hydrogen) atoms. The number of para-hydroxylation sites is 1. The molecule has 0 spiro atoms. The van der Waals surface area contributed by atoms with Crippen LogP contribution in [0.25, 0.3) is 0 Å². The van der Waals surface area contributed by atoms with Crippen LogP contribution in [0.2, 0.25) is 0 Å². The molecule has 0 bridgehead atoms. The fourth-order valence-corrected chi connectivity index (χ4v) is 2.44. The number of allylic oxidation sites excluding steroid dienone is 1. The van der Waals surface area contributed by atoms with E-state index in [4.69, 9.17) is 10.5 Å². The summed E-state index contributed by atoms with van der Waals surface area (Å²) in [5, 5.41) is 24.5. The molecule has 0 aliphatic carbocycles. The van der Waals surface area contributed by atoms with Crippen molar-refractivity contribution in [3.63, 3.8) is 0 Å². The number of hydrogen-bond acceptors (Lipinski definition) is 4. The Hall–Kier alpha value is -3.24. The number of benzene rings is 2. The Morgan fingerprint density at radius 3 is 2.29 bits per heavy atom. The number of hydrogen-bond donors (Lipinski definition) is 2. The maximum Gasteiger partial charge on any atom is 0.169 e. The summed E-state index contributed by atoms with van der Waals surface area (Å²) in [5.74, 6) is 0.451. The Labute approximate surface area is 123 Å². The first kappa shape index (κ1) is 12.8. The zero-order valence-electron chi connectivity index (χ0n) is 11.2. The Morgan fingerprint density at radius 1 is 0.905 bits per heavy atom. The average Bonchev–Trinajstić information content (AvgIpc) is 2.56. The van der Waals surface area contributed by atoms with E-state index < -0.39 is 0 Å². The van der Waals surface area contributed by atoms with Crippen molar-refractivity contribution in [3.05, 3.63) is 77.1 Å². The van der Waals surface area contributed by atoms with Gasteiger partial charge in [-0.3, -0.25) is 0 Å². The van der Waals surface area contributed by atoms with Crippen LogP contribution < -0.4 is 10.6 Å². The second-order valence-electron chi connectivity index (χ2n) is 4.67. The lowest BCUT2D eigenvalue weighted by atomic mass is 9.95. The van der Waals surface area contributed by atoms with Gasteiger partial charge in [-0.05, 0) is 11.6 Å². The highest BCUT2D eigenvalue weighted by Crippen LogP contribution is 2.33. The third kappa shape index (κ3) is 2.31. The van der Waals surface area contributed by atoms with E-state index in [0.29, 0.717) is 5.82 Å². The summed E-state index contributed by atoms with van der Waals surface area (Å²) in [6.45, 7) is 0. The lowest BCUT2D eigenvalue weighted by molar-refractivity contribution is 0.675. The zero-order chi connectivity index (χ0) is 14.7. The second kappa shape index (κ2) is 5.40. The number of nitriles is 2. The van der Waals surface area contributed by atoms with Crippen LogP contribution in [-0.4, -0.2) is 0 Å². The van der Waals surface area contributed by atoms with Crippen molar-refractivity contribution in [1.29, 1.82) is 10.5 Å². The van der Waals surface area contributed by atoms with Gasteiger partial charge in [0.05, 0.1) is 6.04 Å². The first-order valence-electron chi connectivity index (χ1n) is 6.55. The molecule has 4 heteroatoms. The first-order chi connectivity index (χ1) is 10.3.